The van der Waals surface area contributed by atoms with Gasteiger partial charge in [-0.25, -0.2) is 4.79 Å². The maximum absolute atomic E-state index is 12.2. The van der Waals surface area contributed by atoms with E-state index >= 15 is 0 Å². The van der Waals surface area contributed by atoms with E-state index in [0.29, 0.717) is 18.5 Å². The SMILES string of the molecule is O=C(Cc1cccc(OCC(F)(F)F)c1)NCCc1cccc(C(=O)O)c1. The predicted molar refractivity (Wildman–Crippen MR) is 91.8 cm³/mol. The third kappa shape index (κ3) is 7.39. The lowest BCUT2D eigenvalue weighted by Gasteiger charge is -2.10. The smallest absolute Gasteiger partial charge is 0.422 e. The zero-order valence-electron chi connectivity index (χ0n) is 14.3. The van der Waals surface area contributed by atoms with Crippen LogP contribution in [0.25, 0.3) is 0 Å². The molecule has 0 saturated carbocycles. The van der Waals surface area contributed by atoms with Gasteiger partial charge < -0.3 is 15.2 Å². The summed E-state index contributed by atoms with van der Waals surface area (Å²) in [6.07, 6.45) is -3.97. The zero-order valence-corrected chi connectivity index (χ0v) is 14.3. The number of benzene rings is 2. The molecule has 5 nitrogen and oxygen atoms in total. The van der Waals surface area contributed by atoms with Crippen molar-refractivity contribution in [3.8, 4) is 5.75 Å². The van der Waals surface area contributed by atoms with Gasteiger partial charge in [-0.3, -0.25) is 4.79 Å². The van der Waals surface area contributed by atoms with Crippen LogP contribution in [0.1, 0.15) is 21.5 Å². The van der Waals surface area contributed by atoms with Crippen LogP contribution in [-0.2, 0) is 17.6 Å². The highest BCUT2D eigenvalue weighted by Gasteiger charge is 2.28. The van der Waals surface area contributed by atoms with E-state index in [9.17, 15) is 22.8 Å². The molecule has 0 atom stereocenters. The molecule has 0 heterocycles. The number of alkyl halides is 3. The molecule has 8 heteroatoms. The van der Waals surface area contributed by atoms with E-state index in [1.54, 1.807) is 18.2 Å². The van der Waals surface area contributed by atoms with Crippen LogP contribution < -0.4 is 10.1 Å². The summed E-state index contributed by atoms with van der Waals surface area (Å²) in [5.41, 5.74) is 1.48. The van der Waals surface area contributed by atoms with Gasteiger partial charge >= 0.3 is 12.1 Å². The molecule has 0 saturated heterocycles. The molecule has 2 aromatic carbocycles. The minimum atomic E-state index is -4.43. The molecule has 1 amide bonds. The number of amides is 1. The van der Waals surface area contributed by atoms with Crippen molar-refractivity contribution in [2.75, 3.05) is 13.2 Å². The molecule has 144 valence electrons. The maximum Gasteiger partial charge on any atom is 0.422 e. The van der Waals surface area contributed by atoms with Crippen LogP contribution in [0.2, 0.25) is 0 Å². The summed E-state index contributed by atoms with van der Waals surface area (Å²) >= 11 is 0. The lowest BCUT2D eigenvalue weighted by molar-refractivity contribution is -0.153. The molecule has 2 aromatic rings. The average Bonchev–Trinajstić information content (AvgIpc) is 2.60. The molecule has 0 bridgehead atoms. The molecule has 0 aliphatic carbocycles. The molecule has 27 heavy (non-hydrogen) atoms. The molecule has 0 aromatic heterocycles. The number of hydrogen-bond donors (Lipinski definition) is 2. The third-order valence-corrected chi connectivity index (χ3v) is 3.58. The van der Waals surface area contributed by atoms with Gasteiger partial charge in [0.15, 0.2) is 6.61 Å². The number of halogens is 3. The quantitative estimate of drug-likeness (QED) is 0.736. The van der Waals surface area contributed by atoms with Crippen LogP contribution in [0.3, 0.4) is 0 Å². The summed E-state index contributed by atoms with van der Waals surface area (Å²) in [6.45, 7) is -1.08. The monoisotopic (exact) mass is 381 g/mol. The first kappa shape index (κ1) is 20.3. The average molecular weight is 381 g/mol. The maximum atomic E-state index is 12.2. The van der Waals surface area contributed by atoms with Crippen molar-refractivity contribution in [2.24, 2.45) is 0 Å². The van der Waals surface area contributed by atoms with Gasteiger partial charge in [0.2, 0.25) is 5.91 Å². The standard InChI is InChI=1S/C19H18F3NO4/c20-19(21,22)12-27-16-6-2-4-14(10-16)11-17(24)23-8-7-13-3-1-5-15(9-13)18(25)26/h1-6,9-10H,7-8,11-12H2,(H,23,24)(H,25,26). The molecule has 0 unspecified atom stereocenters. The molecule has 2 rings (SSSR count). The number of carboxylic acid groups (broad SMARTS) is 1. The van der Waals surface area contributed by atoms with Crippen molar-refractivity contribution in [1.29, 1.82) is 0 Å². The molecule has 2 N–H and O–H groups in total. The third-order valence-electron chi connectivity index (χ3n) is 3.58. The van der Waals surface area contributed by atoms with Crippen molar-refractivity contribution >= 4 is 11.9 Å². The summed E-state index contributed by atoms with van der Waals surface area (Å²) in [5.74, 6) is -1.27. The normalized spacial score (nSPS) is 11.1. The molecule has 0 aliphatic rings. The van der Waals surface area contributed by atoms with Crippen LogP contribution >= 0.6 is 0 Å². The van der Waals surface area contributed by atoms with E-state index in [4.69, 9.17) is 5.11 Å². The highest BCUT2D eigenvalue weighted by molar-refractivity contribution is 5.87. The van der Waals surface area contributed by atoms with Crippen LogP contribution in [0.4, 0.5) is 13.2 Å². The van der Waals surface area contributed by atoms with Crippen molar-refractivity contribution in [1.82, 2.24) is 5.32 Å². The summed E-state index contributed by atoms with van der Waals surface area (Å²) in [7, 11) is 0. The number of nitrogens with one attached hydrogen (secondary N) is 1. The molecule has 0 spiro atoms. The Balaban J connectivity index is 1.82. The van der Waals surface area contributed by atoms with Gasteiger partial charge in [0.05, 0.1) is 12.0 Å². The summed E-state index contributed by atoms with van der Waals surface area (Å²) < 4.78 is 41.2. The lowest BCUT2D eigenvalue weighted by atomic mass is 10.1. The van der Waals surface area contributed by atoms with Crippen LogP contribution in [0.5, 0.6) is 5.75 Å². The van der Waals surface area contributed by atoms with Gasteiger partial charge in [-0.05, 0) is 41.8 Å². The minimum Gasteiger partial charge on any atom is -0.484 e. The first-order valence-electron chi connectivity index (χ1n) is 8.10. The van der Waals surface area contributed by atoms with Gasteiger partial charge in [0.25, 0.3) is 0 Å². The van der Waals surface area contributed by atoms with Crippen molar-refractivity contribution in [3.63, 3.8) is 0 Å². The predicted octanol–water partition coefficient (Wildman–Crippen LogP) is 3.23. The number of carbonyl (C=O) groups is 2. The first-order valence-corrected chi connectivity index (χ1v) is 8.10. The molecular weight excluding hydrogens is 363 g/mol. The first-order chi connectivity index (χ1) is 12.7. The Morgan fingerprint density at radius 2 is 1.74 bits per heavy atom. The molecule has 0 fully saturated rings. The summed E-state index contributed by atoms with van der Waals surface area (Å²) in [5, 5.41) is 11.6. The van der Waals surface area contributed by atoms with Crippen LogP contribution in [0, 0.1) is 0 Å². The number of rotatable bonds is 8. The summed E-state index contributed by atoms with van der Waals surface area (Å²) in [4.78, 5) is 22.9. The van der Waals surface area contributed by atoms with E-state index in [2.05, 4.69) is 10.1 Å². The van der Waals surface area contributed by atoms with E-state index in [-0.39, 0.29) is 23.6 Å². The van der Waals surface area contributed by atoms with Crippen molar-refractivity contribution in [3.05, 3.63) is 65.2 Å². The Hall–Kier alpha value is -3.03. The second-order valence-electron chi connectivity index (χ2n) is 5.83. The largest absolute Gasteiger partial charge is 0.484 e. The lowest BCUT2D eigenvalue weighted by Crippen LogP contribution is -2.27. The number of ether oxygens (including phenoxy) is 1. The minimum absolute atomic E-state index is 0.00160. The van der Waals surface area contributed by atoms with Gasteiger partial charge in [-0.2, -0.15) is 13.2 Å². The topological polar surface area (TPSA) is 75.6 Å². The number of carbonyl (C=O) groups excluding carboxylic acids is 1. The molecule has 0 aliphatic heterocycles. The van der Waals surface area contributed by atoms with Gasteiger partial charge in [-0.1, -0.05) is 24.3 Å². The molecular formula is C19H18F3NO4. The summed E-state index contributed by atoms with van der Waals surface area (Å²) in [6, 6.07) is 12.3. The number of carboxylic acids is 1. The molecule has 0 radical (unpaired) electrons. The van der Waals surface area contributed by atoms with Gasteiger partial charge in [0, 0.05) is 6.54 Å². The van der Waals surface area contributed by atoms with Crippen LogP contribution in [-0.4, -0.2) is 36.3 Å². The number of hydrogen-bond acceptors (Lipinski definition) is 3. The fraction of sp³-hybridized carbons (Fsp3) is 0.263. The second kappa shape index (κ2) is 9.07. The zero-order chi connectivity index (χ0) is 19.9. The Morgan fingerprint density at radius 1 is 1.04 bits per heavy atom. The van der Waals surface area contributed by atoms with Gasteiger partial charge in [-0.15, -0.1) is 0 Å². The van der Waals surface area contributed by atoms with Gasteiger partial charge in [0.1, 0.15) is 5.75 Å². The number of aromatic carboxylic acids is 1. The van der Waals surface area contributed by atoms with E-state index < -0.39 is 18.8 Å². The highest BCUT2D eigenvalue weighted by Crippen LogP contribution is 2.19. The van der Waals surface area contributed by atoms with Crippen molar-refractivity contribution in [2.45, 2.75) is 19.0 Å². The fourth-order valence-corrected chi connectivity index (χ4v) is 2.36. The highest BCUT2D eigenvalue weighted by atomic mass is 19.4. The van der Waals surface area contributed by atoms with Crippen molar-refractivity contribution < 1.29 is 32.6 Å². The van der Waals surface area contributed by atoms with E-state index in [1.165, 1.54) is 30.3 Å². The van der Waals surface area contributed by atoms with Crippen LogP contribution in [0.15, 0.2) is 48.5 Å². The Kier molecular flexibility index (Phi) is 6.81. The second-order valence-corrected chi connectivity index (χ2v) is 5.83. The fourth-order valence-electron chi connectivity index (χ4n) is 2.36. The van der Waals surface area contributed by atoms with E-state index in [1.807, 2.05) is 0 Å². The Bertz CT molecular complexity index is 806. The Labute approximate surface area is 153 Å². The Morgan fingerprint density at radius 3 is 2.44 bits per heavy atom. The van der Waals surface area contributed by atoms with E-state index in [0.717, 1.165) is 5.56 Å².